The monoisotopic (exact) mass is 296 g/mol. The summed E-state index contributed by atoms with van der Waals surface area (Å²) in [6.45, 7) is 5.35. The molecule has 1 aliphatic rings. The molecule has 2 rings (SSSR count). The van der Waals surface area contributed by atoms with Crippen molar-refractivity contribution in [3.63, 3.8) is 0 Å². The van der Waals surface area contributed by atoms with Gasteiger partial charge >= 0.3 is 11.7 Å². The molecule has 1 saturated heterocycles. The van der Waals surface area contributed by atoms with Gasteiger partial charge in [-0.3, -0.25) is 14.7 Å². The molecule has 2 N–H and O–H groups in total. The molecule has 1 fully saturated rings. The Hall–Kier alpha value is -2.09. The molecule has 2 heterocycles. The Morgan fingerprint density at radius 2 is 2.05 bits per heavy atom. The van der Waals surface area contributed by atoms with Gasteiger partial charge in [0.05, 0.1) is 18.3 Å². The van der Waals surface area contributed by atoms with Crippen molar-refractivity contribution < 1.29 is 14.3 Å². The first-order valence-corrected chi connectivity index (χ1v) is 6.91. The average Bonchev–Trinajstić information content (AvgIpc) is 2.81. The van der Waals surface area contributed by atoms with Crippen molar-refractivity contribution in [1.82, 2.24) is 19.8 Å². The number of nitrogens with zero attached hydrogens (tertiary/aromatic N) is 2. The molecule has 0 bridgehead atoms. The topological polar surface area (TPSA) is 98.5 Å². The molecule has 1 aromatic heterocycles. The maximum absolute atomic E-state index is 12.0. The standard InChI is InChI=1S/C13H20N4O4/c1-4-21-12(19)10-9(14-13(20)15-10)7-17-6-5-16(3)11(18)8(17)2/h8H,4-7H2,1-3H3,(H2,14,15,20)/t8-/m0/s1. The van der Waals surface area contributed by atoms with Gasteiger partial charge in [0, 0.05) is 26.7 Å². The highest BCUT2D eigenvalue weighted by Crippen LogP contribution is 2.14. The summed E-state index contributed by atoms with van der Waals surface area (Å²) in [6.07, 6.45) is 0. The normalized spacial score (nSPS) is 19.9. The van der Waals surface area contributed by atoms with E-state index in [9.17, 15) is 14.4 Å². The number of nitrogens with one attached hydrogen (secondary N) is 2. The number of carbonyl (C=O) groups excluding carboxylic acids is 2. The number of H-pyrrole nitrogens is 2. The summed E-state index contributed by atoms with van der Waals surface area (Å²) in [5.41, 5.74) is 0.115. The lowest BCUT2D eigenvalue weighted by atomic mass is 10.1. The number of rotatable bonds is 4. The molecule has 0 aromatic carbocycles. The van der Waals surface area contributed by atoms with E-state index in [1.165, 1.54) is 0 Å². The third-order valence-electron chi connectivity index (χ3n) is 3.65. The minimum absolute atomic E-state index is 0.0248. The summed E-state index contributed by atoms with van der Waals surface area (Å²) in [5.74, 6) is -0.546. The molecule has 0 saturated carbocycles. The third kappa shape index (κ3) is 3.15. The van der Waals surface area contributed by atoms with Gasteiger partial charge in [-0.25, -0.2) is 9.59 Å². The largest absolute Gasteiger partial charge is 0.461 e. The Kier molecular flexibility index (Phi) is 4.46. The molecular formula is C13H20N4O4. The fourth-order valence-corrected chi connectivity index (χ4v) is 2.39. The van der Waals surface area contributed by atoms with Crippen LogP contribution in [0, 0.1) is 0 Å². The van der Waals surface area contributed by atoms with E-state index in [1.807, 2.05) is 11.8 Å². The van der Waals surface area contributed by atoms with Gasteiger partial charge in [-0.2, -0.15) is 0 Å². The van der Waals surface area contributed by atoms with Crippen molar-refractivity contribution >= 4 is 11.9 Å². The summed E-state index contributed by atoms with van der Waals surface area (Å²) in [5, 5.41) is 0. The zero-order valence-electron chi connectivity index (χ0n) is 12.4. The van der Waals surface area contributed by atoms with E-state index in [2.05, 4.69) is 9.97 Å². The first-order valence-electron chi connectivity index (χ1n) is 6.91. The van der Waals surface area contributed by atoms with E-state index in [4.69, 9.17) is 4.74 Å². The molecule has 116 valence electrons. The lowest BCUT2D eigenvalue weighted by Crippen LogP contribution is -2.54. The summed E-state index contributed by atoms with van der Waals surface area (Å²) < 4.78 is 4.91. The van der Waals surface area contributed by atoms with E-state index >= 15 is 0 Å². The zero-order chi connectivity index (χ0) is 15.6. The van der Waals surface area contributed by atoms with Crippen LogP contribution in [0.5, 0.6) is 0 Å². The van der Waals surface area contributed by atoms with E-state index in [-0.39, 0.29) is 24.2 Å². The minimum Gasteiger partial charge on any atom is -0.461 e. The van der Waals surface area contributed by atoms with Crippen molar-refractivity contribution in [2.75, 3.05) is 26.7 Å². The molecule has 1 atom stereocenters. The van der Waals surface area contributed by atoms with Gasteiger partial charge in [0.25, 0.3) is 0 Å². The number of likely N-dealkylation sites (N-methyl/N-ethyl adjacent to an activating group) is 1. The number of aromatic amines is 2. The van der Waals surface area contributed by atoms with Gasteiger partial charge in [0.1, 0.15) is 5.69 Å². The molecule has 1 aliphatic heterocycles. The van der Waals surface area contributed by atoms with Crippen molar-refractivity contribution in [2.45, 2.75) is 26.4 Å². The van der Waals surface area contributed by atoms with Gasteiger partial charge < -0.3 is 14.6 Å². The van der Waals surface area contributed by atoms with Gasteiger partial charge in [0.2, 0.25) is 5.91 Å². The number of hydrogen-bond donors (Lipinski definition) is 2. The second-order valence-electron chi connectivity index (χ2n) is 5.06. The Balaban J connectivity index is 2.18. The number of hydrogen-bond acceptors (Lipinski definition) is 5. The Morgan fingerprint density at radius 3 is 2.71 bits per heavy atom. The molecule has 0 spiro atoms. The van der Waals surface area contributed by atoms with E-state index < -0.39 is 11.7 Å². The number of imidazole rings is 1. The van der Waals surface area contributed by atoms with Crippen LogP contribution in [-0.2, 0) is 16.1 Å². The highest BCUT2D eigenvalue weighted by Gasteiger charge is 2.30. The van der Waals surface area contributed by atoms with Crippen LogP contribution in [0.25, 0.3) is 0 Å². The summed E-state index contributed by atoms with van der Waals surface area (Å²) in [7, 11) is 1.76. The lowest BCUT2D eigenvalue weighted by Gasteiger charge is -2.37. The number of aromatic nitrogens is 2. The fourth-order valence-electron chi connectivity index (χ4n) is 2.39. The quantitative estimate of drug-likeness (QED) is 0.733. The first-order chi connectivity index (χ1) is 9.93. The van der Waals surface area contributed by atoms with Crippen LogP contribution in [0.15, 0.2) is 4.79 Å². The predicted octanol–water partition coefficient (Wildman–Crippen LogP) is -0.458. The second-order valence-corrected chi connectivity index (χ2v) is 5.06. The van der Waals surface area contributed by atoms with E-state index in [1.54, 1.807) is 18.9 Å². The van der Waals surface area contributed by atoms with Crippen LogP contribution in [0.1, 0.15) is 30.0 Å². The number of carbonyl (C=O) groups is 2. The molecule has 1 aromatic rings. The van der Waals surface area contributed by atoms with Crippen LogP contribution in [0.2, 0.25) is 0 Å². The van der Waals surface area contributed by atoms with Crippen molar-refractivity contribution in [2.24, 2.45) is 0 Å². The highest BCUT2D eigenvalue weighted by atomic mass is 16.5. The molecule has 8 heteroatoms. The number of ether oxygens (including phenoxy) is 1. The van der Waals surface area contributed by atoms with E-state index in [0.717, 1.165) is 0 Å². The predicted molar refractivity (Wildman–Crippen MR) is 74.9 cm³/mol. The van der Waals surface area contributed by atoms with Crippen LogP contribution >= 0.6 is 0 Å². The fraction of sp³-hybridized carbons (Fsp3) is 0.615. The second kappa shape index (κ2) is 6.13. The maximum atomic E-state index is 12.0. The van der Waals surface area contributed by atoms with Crippen LogP contribution in [0.4, 0.5) is 0 Å². The molecule has 0 unspecified atom stereocenters. The molecule has 0 aliphatic carbocycles. The molecular weight excluding hydrogens is 276 g/mol. The summed E-state index contributed by atoms with van der Waals surface area (Å²) in [4.78, 5) is 43.9. The third-order valence-corrected chi connectivity index (χ3v) is 3.65. The summed E-state index contributed by atoms with van der Waals surface area (Å²) in [6, 6.07) is -0.294. The number of amides is 1. The maximum Gasteiger partial charge on any atom is 0.356 e. The smallest absolute Gasteiger partial charge is 0.356 e. The van der Waals surface area contributed by atoms with Crippen molar-refractivity contribution in [3.05, 3.63) is 21.9 Å². The Labute approximate surface area is 122 Å². The van der Waals surface area contributed by atoms with E-state index in [0.29, 0.717) is 25.3 Å². The SMILES string of the molecule is CCOC(=O)c1[nH]c(=O)[nH]c1CN1CCN(C)C(=O)[C@@H]1C. The first kappa shape index (κ1) is 15.3. The van der Waals surface area contributed by atoms with Crippen molar-refractivity contribution in [3.8, 4) is 0 Å². The highest BCUT2D eigenvalue weighted by molar-refractivity contribution is 5.88. The van der Waals surface area contributed by atoms with Gasteiger partial charge in [-0.15, -0.1) is 0 Å². The van der Waals surface area contributed by atoms with Crippen molar-refractivity contribution in [1.29, 1.82) is 0 Å². The molecule has 1 amide bonds. The van der Waals surface area contributed by atoms with Crippen LogP contribution in [0.3, 0.4) is 0 Å². The number of esters is 1. The van der Waals surface area contributed by atoms with Crippen LogP contribution < -0.4 is 5.69 Å². The minimum atomic E-state index is -0.570. The average molecular weight is 296 g/mol. The van der Waals surface area contributed by atoms with Gasteiger partial charge in [0.15, 0.2) is 0 Å². The molecule has 21 heavy (non-hydrogen) atoms. The van der Waals surface area contributed by atoms with Crippen LogP contribution in [-0.4, -0.2) is 64.4 Å². The Morgan fingerprint density at radius 1 is 1.33 bits per heavy atom. The summed E-state index contributed by atoms with van der Waals surface area (Å²) >= 11 is 0. The van der Waals surface area contributed by atoms with Gasteiger partial charge in [-0.1, -0.05) is 0 Å². The molecule has 8 nitrogen and oxygen atoms in total. The number of piperazine rings is 1. The zero-order valence-corrected chi connectivity index (χ0v) is 12.4. The Bertz CT molecular complexity index is 591. The molecule has 0 radical (unpaired) electrons. The lowest BCUT2D eigenvalue weighted by molar-refractivity contribution is -0.139. The van der Waals surface area contributed by atoms with Gasteiger partial charge in [-0.05, 0) is 13.8 Å².